The summed E-state index contributed by atoms with van der Waals surface area (Å²) in [5.74, 6) is -0.0167. The molecule has 1 aromatic heterocycles. The maximum Gasteiger partial charge on any atom is 0.269 e. The Morgan fingerprint density at radius 2 is 2.20 bits per heavy atom. The highest BCUT2D eigenvalue weighted by atomic mass is 16.2. The van der Waals surface area contributed by atoms with Gasteiger partial charge in [-0.1, -0.05) is 6.92 Å². The zero-order chi connectivity index (χ0) is 14.5. The average molecular weight is 279 g/mol. The number of likely N-dealkylation sites (tertiary alicyclic amines) is 1. The summed E-state index contributed by atoms with van der Waals surface area (Å²) in [7, 11) is 1.82. The van der Waals surface area contributed by atoms with Crippen molar-refractivity contribution in [2.24, 2.45) is 12.8 Å². The van der Waals surface area contributed by atoms with Crippen LogP contribution < -0.4 is 11.1 Å². The Bertz CT molecular complexity index is 448. The molecule has 0 bridgehead atoms. The van der Waals surface area contributed by atoms with E-state index in [1.165, 1.54) is 0 Å². The number of aromatic nitrogens is 2. The van der Waals surface area contributed by atoms with E-state index in [0.29, 0.717) is 12.2 Å². The Morgan fingerprint density at radius 3 is 2.75 bits per heavy atom. The predicted molar refractivity (Wildman–Crippen MR) is 78.6 cm³/mol. The largest absolute Gasteiger partial charge is 0.348 e. The van der Waals surface area contributed by atoms with Gasteiger partial charge in [-0.2, -0.15) is 5.10 Å². The lowest BCUT2D eigenvalue weighted by atomic mass is 10.0. The molecule has 1 saturated heterocycles. The SMILES string of the molecule is CCc1cc(C(=O)NC2CCN(CCN)CC2)n(C)n1. The first-order valence-electron chi connectivity index (χ1n) is 7.40. The minimum Gasteiger partial charge on any atom is -0.348 e. The van der Waals surface area contributed by atoms with Crippen molar-refractivity contribution >= 4 is 5.91 Å². The molecule has 0 atom stereocenters. The third-order valence-electron chi connectivity index (χ3n) is 3.89. The molecule has 0 unspecified atom stereocenters. The highest BCUT2D eigenvalue weighted by Crippen LogP contribution is 2.11. The molecule has 6 nitrogen and oxygen atoms in total. The van der Waals surface area contributed by atoms with Crippen LogP contribution >= 0.6 is 0 Å². The third kappa shape index (κ3) is 3.58. The minimum atomic E-state index is -0.0167. The van der Waals surface area contributed by atoms with Gasteiger partial charge in [0.15, 0.2) is 0 Å². The lowest BCUT2D eigenvalue weighted by Crippen LogP contribution is -2.46. The zero-order valence-corrected chi connectivity index (χ0v) is 12.4. The normalized spacial score (nSPS) is 17.4. The number of rotatable bonds is 5. The molecule has 1 aliphatic heterocycles. The first kappa shape index (κ1) is 15.0. The maximum absolute atomic E-state index is 12.3. The molecule has 112 valence electrons. The second kappa shape index (κ2) is 6.85. The quantitative estimate of drug-likeness (QED) is 0.803. The van der Waals surface area contributed by atoms with Crippen LogP contribution in [-0.4, -0.2) is 52.8 Å². The molecular weight excluding hydrogens is 254 g/mol. The van der Waals surface area contributed by atoms with E-state index in [-0.39, 0.29) is 11.9 Å². The average Bonchev–Trinajstić information content (AvgIpc) is 2.83. The van der Waals surface area contributed by atoms with Crippen molar-refractivity contribution < 1.29 is 4.79 Å². The molecule has 6 heteroatoms. The molecule has 2 rings (SSSR count). The van der Waals surface area contributed by atoms with E-state index in [0.717, 1.165) is 44.6 Å². The molecule has 0 saturated carbocycles. The summed E-state index contributed by atoms with van der Waals surface area (Å²) in [6.07, 6.45) is 2.83. The summed E-state index contributed by atoms with van der Waals surface area (Å²) in [4.78, 5) is 14.6. The Morgan fingerprint density at radius 1 is 1.50 bits per heavy atom. The van der Waals surface area contributed by atoms with Crippen molar-refractivity contribution in [3.63, 3.8) is 0 Å². The van der Waals surface area contributed by atoms with E-state index in [2.05, 4.69) is 15.3 Å². The number of nitrogens with one attached hydrogen (secondary N) is 1. The van der Waals surface area contributed by atoms with Gasteiger partial charge in [0.2, 0.25) is 0 Å². The number of hydrogen-bond donors (Lipinski definition) is 2. The van der Waals surface area contributed by atoms with E-state index in [1.807, 2.05) is 20.0 Å². The minimum absolute atomic E-state index is 0.0167. The molecule has 3 N–H and O–H groups in total. The summed E-state index contributed by atoms with van der Waals surface area (Å²) in [6.45, 7) is 5.70. The Balaban J connectivity index is 1.87. The topological polar surface area (TPSA) is 76.2 Å². The monoisotopic (exact) mass is 279 g/mol. The van der Waals surface area contributed by atoms with Crippen LogP contribution in [0.3, 0.4) is 0 Å². The fourth-order valence-corrected chi connectivity index (χ4v) is 2.65. The fourth-order valence-electron chi connectivity index (χ4n) is 2.65. The molecule has 1 fully saturated rings. The predicted octanol–water partition coefficient (Wildman–Crippen LogP) is 0.135. The fraction of sp³-hybridized carbons (Fsp3) is 0.714. The lowest BCUT2D eigenvalue weighted by Gasteiger charge is -2.31. The van der Waals surface area contributed by atoms with Crippen LogP contribution in [0.2, 0.25) is 0 Å². The van der Waals surface area contributed by atoms with Gasteiger partial charge < -0.3 is 16.0 Å². The first-order chi connectivity index (χ1) is 9.63. The van der Waals surface area contributed by atoms with Crippen molar-refractivity contribution in [2.75, 3.05) is 26.2 Å². The molecule has 1 amide bonds. The van der Waals surface area contributed by atoms with Crippen LogP contribution in [0.1, 0.15) is 35.9 Å². The summed E-state index contributed by atoms with van der Waals surface area (Å²) >= 11 is 0. The molecule has 20 heavy (non-hydrogen) atoms. The number of hydrogen-bond acceptors (Lipinski definition) is 4. The van der Waals surface area contributed by atoms with Crippen LogP contribution in [0, 0.1) is 0 Å². The lowest BCUT2D eigenvalue weighted by molar-refractivity contribution is 0.0902. The van der Waals surface area contributed by atoms with Crippen molar-refractivity contribution in [2.45, 2.75) is 32.2 Å². The number of nitrogens with zero attached hydrogens (tertiary/aromatic N) is 3. The van der Waals surface area contributed by atoms with Crippen LogP contribution in [0.4, 0.5) is 0 Å². The van der Waals surface area contributed by atoms with Crippen molar-refractivity contribution in [1.29, 1.82) is 0 Å². The second-order valence-electron chi connectivity index (χ2n) is 5.38. The van der Waals surface area contributed by atoms with E-state index >= 15 is 0 Å². The standard InChI is InChI=1S/C14H25N5O/c1-3-11-10-13(18(2)17-11)14(20)16-12-4-7-19(8-5-12)9-6-15/h10,12H,3-9,15H2,1-2H3,(H,16,20). The van der Waals surface area contributed by atoms with Gasteiger partial charge in [0, 0.05) is 39.3 Å². The first-order valence-corrected chi connectivity index (χ1v) is 7.40. The van der Waals surface area contributed by atoms with E-state index in [4.69, 9.17) is 5.73 Å². The smallest absolute Gasteiger partial charge is 0.269 e. The van der Waals surface area contributed by atoms with Crippen LogP contribution in [-0.2, 0) is 13.5 Å². The highest BCUT2D eigenvalue weighted by molar-refractivity contribution is 5.92. The van der Waals surface area contributed by atoms with Crippen LogP contribution in [0.15, 0.2) is 6.07 Å². The van der Waals surface area contributed by atoms with E-state index in [9.17, 15) is 4.79 Å². The van der Waals surface area contributed by atoms with Gasteiger partial charge in [0.1, 0.15) is 5.69 Å². The zero-order valence-electron chi connectivity index (χ0n) is 12.4. The van der Waals surface area contributed by atoms with Crippen molar-refractivity contribution in [3.8, 4) is 0 Å². The van der Waals surface area contributed by atoms with Gasteiger partial charge in [-0.15, -0.1) is 0 Å². The number of piperidine rings is 1. The van der Waals surface area contributed by atoms with Gasteiger partial charge >= 0.3 is 0 Å². The molecule has 1 aliphatic rings. The van der Waals surface area contributed by atoms with Crippen molar-refractivity contribution in [1.82, 2.24) is 20.0 Å². The van der Waals surface area contributed by atoms with Crippen LogP contribution in [0.5, 0.6) is 0 Å². The highest BCUT2D eigenvalue weighted by Gasteiger charge is 2.22. The summed E-state index contributed by atoms with van der Waals surface area (Å²) < 4.78 is 1.66. The van der Waals surface area contributed by atoms with Gasteiger partial charge in [0.25, 0.3) is 5.91 Å². The number of amides is 1. The molecule has 0 aromatic carbocycles. The van der Waals surface area contributed by atoms with Crippen LogP contribution in [0.25, 0.3) is 0 Å². The maximum atomic E-state index is 12.3. The molecule has 1 aromatic rings. The number of nitrogens with two attached hydrogens (primary N) is 1. The van der Waals surface area contributed by atoms with E-state index in [1.54, 1.807) is 4.68 Å². The molecule has 0 radical (unpaired) electrons. The third-order valence-corrected chi connectivity index (χ3v) is 3.89. The number of carbonyl (C=O) groups excluding carboxylic acids is 1. The Labute approximate surface area is 120 Å². The summed E-state index contributed by atoms with van der Waals surface area (Å²) in [5, 5.41) is 7.43. The molecule has 0 spiro atoms. The number of aryl methyl sites for hydroxylation is 2. The molecular formula is C14H25N5O. The van der Waals surface area contributed by atoms with E-state index < -0.39 is 0 Å². The van der Waals surface area contributed by atoms with Gasteiger partial charge in [0.05, 0.1) is 5.69 Å². The Kier molecular flexibility index (Phi) is 5.14. The summed E-state index contributed by atoms with van der Waals surface area (Å²) in [6, 6.07) is 2.13. The van der Waals surface area contributed by atoms with Gasteiger partial charge in [-0.05, 0) is 25.3 Å². The number of carbonyl (C=O) groups is 1. The van der Waals surface area contributed by atoms with Gasteiger partial charge in [-0.25, -0.2) is 0 Å². The summed E-state index contributed by atoms with van der Waals surface area (Å²) in [5.41, 5.74) is 7.16. The van der Waals surface area contributed by atoms with Gasteiger partial charge in [-0.3, -0.25) is 9.48 Å². The second-order valence-corrected chi connectivity index (χ2v) is 5.38. The Hall–Kier alpha value is -1.40. The van der Waals surface area contributed by atoms with Crippen molar-refractivity contribution in [3.05, 3.63) is 17.5 Å². The molecule has 2 heterocycles. The molecule has 0 aliphatic carbocycles.